The highest BCUT2D eigenvalue weighted by molar-refractivity contribution is 9.25. The van der Waals surface area contributed by atoms with E-state index in [1.807, 2.05) is 0 Å². The minimum atomic E-state index is 0.385. The molecule has 0 aromatic heterocycles. The molecule has 4 aliphatic rings. The van der Waals surface area contributed by atoms with E-state index in [2.05, 4.69) is 31.9 Å². The third-order valence-electron chi connectivity index (χ3n) is 3.63. The van der Waals surface area contributed by atoms with Crippen LogP contribution in [-0.4, -0.2) is 3.23 Å². The maximum atomic E-state index is 3.76. The highest BCUT2D eigenvalue weighted by atomic mass is 79.9. The first kappa shape index (κ1) is 6.47. The maximum Gasteiger partial charge on any atom is 0.0871 e. The fourth-order valence-electron chi connectivity index (χ4n) is 3.00. The van der Waals surface area contributed by atoms with Crippen molar-refractivity contribution in [2.75, 3.05) is 0 Å². The van der Waals surface area contributed by atoms with Gasteiger partial charge in [0.1, 0.15) is 0 Å². The van der Waals surface area contributed by atoms with Crippen molar-refractivity contribution in [2.45, 2.75) is 22.5 Å². The Bertz CT molecular complexity index is 182. The highest BCUT2D eigenvalue weighted by Crippen LogP contribution is 2.75. The zero-order valence-corrected chi connectivity index (χ0v) is 8.86. The molecular formula is C8H10Br2. The summed E-state index contributed by atoms with van der Waals surface area (Å²) in [6.07, 6.45) is 4.54. The fraction of sp³-hybridized carbons (Fsp3) is 1.00. The van der Waals surface area contributed by atoms with Gasteiger partial charge in [-0.15, -0.1) is 0 Å². The molecule has 0 unspecified atom stereocenters. The SMILES string of the molecule is BrC1(Br)[C@@H]2C3CC(C3)C[C@@H]21. The average molecular weight is 266 g/mol. The van der Waals surface area contributed by atoms with Crippen LogP contribution in [0.3, 0.4) is 0 Å². The van der Waals surface area contributed by atoms with Crippen LogP contribution in [0.2, 0.25) is 0 Å². The van der Waals surface area contributed by atoms with Gasteiger partial charge in [-0.2, -0.15) is 0 Å². The van der Waals surface area contributed by atoms with Crippen LogP contribution in [0, 0.1) is 23.7 Å². The minimum absolute atomic E-state index is 0.385. The van der Waals surface area contributed by atoms with Gasteiger partial charge in [-0.25, -0.2) is 0 Å². The van der Waals surface area contributed by atoms with Gasteiger partial charge in [0.15, 0.2) is 0 Å². The summed E-state index contributed by atoms with van der Waals surface area (Å²) < 4.78 is 0.385. The molecule has 4 aliphatic carbocycles. The van der Waals surface area contributed by atoms with Crippen LogP contribution < -0.4 is 0 Å². The molecule has 2 atom stereocenters. The molecule has 2 heteroatoms. The number of rotatable bonds is 0. The second-order valence-electron chi connectivity index (χ2n) is 4.14. The average Bonchev–Trinajstić information content (AvgIpc) is 2.35. The lowest BCUT2D eigenvalue weighted by Gasteiger charge is -2.40. The van der Waals surface area contributed by atoms with Crippen molar-refractivity contribution in [1.82, 2.24) is 0 Å². The Kier molecular flexibility index (Phi) is 1.07. The van der Waals surface area contributed by atoms with Gasteiger partial charge >= 0.3 is 0 Å². The number of halogens is 2. The summed E-state index contributed by atoms with van der Waals surface area (Å²) in [5, 5.41) is 0. The van der Waals surface area contributed by atoms with Crippen molar-refractivity contribution in [3.8, 4) is 0 Å². The van der Waals surface area contributed by atoms with E-state index in [-0.39, 0.29) is 0 Å². The van der Waals surface area contributed by atoms with Gasteiger partial charge in [-0.05, 0) is 42.9 Å². The molecule has 0 aliphatic heterocycles. The first-order valence-electron chi connectivity index (χ1n) is 4.07. The molecule has 0 aromatic rings. The van der Waals surface area contributed by atoms with Gasteiger partial charge in [0.2, 0.25) is 0 Å². The summed E-state index contributed by atoms with van der Waals surface area (Å²) in [6, 6.07) is 0. The summed E-state index contributed by atoms with van der Waals surface area (Å²) >= 11 is 7.53. The lowest BCUT2D eigenvalue weighted by Crippen LogP contribution is -2.30. The predicted octanol–water partition coefficient (Wildman–Crippen LogP) is 3.15. The van der Waals surface area contributed by atoms with Gasteiger partial charge < -0.3 is 0 Å². The first-order chi connectivity index (χ1) is 4.69. The van der Waals surface area contributed by atoms with E-state index >= 15 is 0 Å². The van der Waals surface area contributed by atoms with Crippen molar-refractivity contribution in [2.24, 2.45) is 23.7 Å². The van der Waals surface area contributed by atoms with Gasteiger partial charge in [0.25, 0.3) is 0 Å². The first-order valence-corrected chi connectivity index (χ1v) is 5.66. The van der Waals surface area contributed by atoms with Crippen LogP contribution in [0.1, 0.15) is 19.3 Å². The number of hydrogen-bond donors (Lipinski definition) is 0. The fourth-order valence-corrected chi connectivity index (χ4v) is 5.06. The van der Waals surface area contributed by atoms with E-state index in [1.165, 1.54) is 19.3 Å². The number of hydrogen-bond acceptors (Lipinski definition) is 0. The maximum absolute atomic E-state index is 3.76. The topological polar surface area (TPSA) is 0 Å². The van der Waals surface area contributed by atoms with E-state index in [4.69, 9.17) is 0 Å². The van der Waals surface area contributed by atoms with Crippen LogP contribution >= 0.6 is 31.9 Å². The van der Waals surface area contributed by atoms with Crippen molar-refractivity contribution >= 4 is 31.9 Å². The number of alkyl halides is 2. The molecule has 0 nitrogen and oxygen atoms in total. The Hall–Kier alpha value is 0.960. The monoisotopic (exact) mass is 264 g/mol. The molecule has 0 heterocycles. The summed E-state index contributed by atoms with van der Waals surface area (Å²) in [7, 11) is 0. The lowest BCUT2D eigenvalue weighted by molar-refractivity contribution is 0.103. The third-order valence-corrected chi connectivity index (χ3v) is 5.86. The molecule has 0 spiro atoms. The van der Waals surface area contributed by atoms with Gasteiger partial charge in [-0.1, -0.05) is 31.9 Å². The second-order valence-corrected chi connectivity index (χ2v) is 7.83. The van der Waals surface area contributed by atoms with Gasteiger partial charge in [0.05, 0.1) is 3.23 Å². The lowest BCUT2D eigenvalue weighted by atomic mass is 9.65. The summed E-state index contributed by atoms with van der Waals surface area (Å²) in [6.45, 7) is 0. The summed E-state index contributed by atoms with van der Waals surface area (Å²) in [4.78, 5) is 0. The van der Waals surface area contributed by atoms with E-state index in [0.29, 0.717) is 3.23 Å². The van der Waals surface area contributed by atoms with E-state index in [1.54, 1.807) is 0 Å². The van der Waals surface area contributed by atoms with Crippen LogP contribution in [0.5, 0.6) is 0 Å². The molecule has 0 saturated heterocycles. The zero-order valence-electron chi connectivity index (χ0n) is 5.69. The minimum Gasteiger partial charge on any atom is -0.0721 e. The van der Waals surface area contributed by atoms with E-state index in [9.17, 15) is 0 Å². The molecule has 4 fully saturated rings. The molecule has 0 aromatic carbocycles. The van der Waals surface area contributed by atoms with Gasteiger partial charge in [-0.3, -0.25) is 0 Å². The molecule has 4 rings (SSSR count). The molecule has 4 saturated carbocycles. The second kappa shape index (κ2) is 1.66. The van der Waals surface area contributed by atoms with Crippen molar-refractivity contribution in [3.63, 3.8) is 0 Å². The van der Waals surface area contributed by atoms with Crippen molar-refractivity contribution < 1.29 is 0 Å². The molecule has 2 bridgehead atoms. The molecule has 10 heavy (non-hydrogen) atoms. The zero-order chi connectivity index (χ0) is 6.93. The summed E-state index contributed by atoms with van der Waals surface area (Å²) in [5.41, 5.74) is 0. The normalized spacial score (nSPS) is 60.6. The van der Waals surface area contributed by atoms with E-state index in [0.717, 1.165) is 23.7 Å². The predicted molar refractivity (Wildman–Crippen MR) is 48.4 cm³/mol. The van der Waals surface area contributed by atoms with Crippen LogP contribution in [-0.2, 0) is 0 Å². The standard InChI is InChI=1S/C8H10Br2/c9-8(10)6-3-4-1-5(2-4)7(6)8/h4-7H,1-3H2/t4?,5?,6-,7+/m0/s1. The largest absolute Gasteiger partial charge is 0.0871 e. The molecule has 0 radical (unpaired) electrons. The van der Waals surface area contributed by atoms with Crippen LogP contribution in [0.15, 0.2) is 0 Å². The van der Waals surface area contributed by atoms with Crippen molar-refractivity contribution in [1.29, 1.82) is 0 Å². The Morgan fingerprint density at radius 2 is 1.80 bits per heavy atom. The summed E-state index contributed by atoms with van der Waals surface area (Å²) in [5.74, 6) is 4.13. The quantitative estimate of drug-likeness (QED) is 0.591. The van der Waals surface area contributed by atoms with Crippen LogP contribution in [0.4, 0.5) is 0 Å². The Morgan fingerprint density at radius 3 is 2.20 bits per heavy atom. The Labute approximate surface area is 78.0 Å². The Balaban J connectivity index is 1.91. The molecule has 0 amide bonds. The highest BCUT2D eigenvalue weighted by Gasteiger charge is 2.69. The molecule has 0 N–H and O–H groups in total. The molecular weight excluding hydrogens is 256 g/mol. The van der Waals surface area contributed by atoms with Crippen molar-refractivity contribution in [3.05, 3.63) is 0 Å². The Morgan fingerprint density at radius 1 is 1.10 bits per heavy atom. The van der Waals surface area contributed by atoms with Gasteiger partial charge in [0, 0.05) is 0 Å². The molecule has 56 valence electrons. The van der Waals surface area contributed by atoms with E-state index < -0.39 is 0 Å². The smallest absolute Gasteiger partial charge is 0.0721 e. The third kappa shape index (κ3) is 0.592. The van der Waals surface area contributed by atoms with Crippen LogP contribution in [0.25, 0.3) is 0 Å².